The maximum Gasteiger partial charge on any atom is 0.180 e. The third-order valence-corrected chi connectivity index (χ3v) is 2.42. The summed E-state index contributed by atoms with van der Waals surface area (Å²) in [7, 11) is 0. The van der Waals surface area contributed by atoms with Crippen molar-refractivity contribution in [2.45, 2.75) is 19.8 Å². The van der Waals surface area contributed by atoms with Gasteiger partial charge in [0.2, 0.25) is 0 Å². The van der Waals surface area contributed by atoms with Gasteiger partial charge in [0, 0.05) is 4.88 Å². The highest BCUT2D eigenvalue weighted by Gasteiger charge is 1.97. The van der Waals surface area contributed by atoms with Gasteiger partial charge in [0.05, 0.1) is 0 Å². The highest BCUT2D eigenvalue weighted by molar-refractivity contribution is 7.09. The van der Waals surface area contributed by atoms with Crippen molar-refractivity contribution < 1.29 is 0 Å². The Bertz CT molecular complexity index is 262. The first kappa shape index (κ1) is 7.48. The van der Waals surface area contributed by atoms with Gasteiger partial charge in [-0.1, -0.05) is 13.8 Å². The van der Waals surface area contributed by atoms with Crippen molar-refractivity contribution in [3.63, 3.8) is 0 Å². The van der Waals surface area contributed by atoms with Crippen molar-refractivity contribution >= 4 is 11.3 Å². The Labute approximate surface area is 64.3 Å². The molecule has 0 aromatic carbocycles. The van der Waals surface area contributed by atoms with Gasteiger partial charge in [-0.2, -0.15) is 0 Å². The fourth-order valence-electron chi connectivity index (χ4n) is 0.705. The predicted octanol–water partition coefficient (Wildman–Crippen LogP) is 2.23. The van der Waals surface area contributed by atoms with Crippen molar-refractivity contribution in [3.8, 4) is 0 Å². The topological polar surface area (TPSA) is 17.1 Å². The van der Waals surface area contributed by atoms with Gasteiger partial charge in [0.1, 0.15) is 0 Å². The Balaban J connectivity index is 3.07. The molecule has 0 N–H and O–H groups in total. The van der Waals surface area contributed by atoms with Gasteiger partial charge in [0.25, 0.3) is 0 Å². The molecule has 1 rings (SSSR count). The van der Waals surface area contributed by atoms with E-state index in [1.54, 1.807) is 23.5 Å². The van der Waals surface area contributed by atoms with Crippen LogP contribution in [0.3, 0.4) is 0 Å². The number of hydrogen-bond acceptors (Lipinski definition) is 2. The standard InChI is InChI=1S/C8H10OS/c1-6(2)8-5-7(9)3-4-10-8/h3-6H,1-2H3. The highest BCUT2D eigenvalue weighted by atomic mass is 32.1. The molecule has 0 spiro atoms. The van der Waals surface area contributed by atoms with E-state index < -0.39 is 0 Å². The van der Waals surface area contributed by atoms with Gasteiger partial charge in [0.15, 0.2) is 5.43 Å². The Morgan fingerprint density at radius 3 is 2.60 bits per heavy atom. The molecule has 0 amide bonds. The molecule has 0 bridgehead atoms. The summed E-state index contributed by atoms with van der Waals surface area (Å²) in [6.45, 7) is 4.18. The summed E-state index contributed by atoms with van der Waals surface area (Å²) < 4.78 is 0. The molecule has 1 aromatic rings. The summed E-state index contributed by atoms with van der Waals surface area (Å²) in [6, 6.07) is 3.30. The van der Waals surface area contributed by atoms with E-state index in [4.69, 9.17) is 0 Å². The van der Waals surface area contributed by atoms with Crippen LogP contribution in [0.1, 0.15) is 24.6 Å². The zero-order chi connectivity index (χ0) is 7.56. The van der Waals surface area contributed by atoms with Crippen molar-refractivity contribution in [2.75, 3.05) is 0 Å². The van der Waals surface area contributed by atoms with Crippen LogP contribution in [-0.2, 0) is 0 Å². The molecule has 0 aliphatic carbocycles. The van der Waals surface area contributed by atoms with E-state index in [1.807, 2.05) is 5.38 Å². The molecule has 54 valence electrons. The van der Waals surface area contributed by atoms with E-state index in [1.165, 1.54) is 0 Å². The number of hydrogen-bond donors (Lipinski definition) is 0. The van der Waals surface area contributed by atoms with Crippen LogP contribution in [0.15, 0.2) is 22.3 Å². The molecule has 1 heterocycles. The second-order valence-electron chi connectivity index (χ2n) is 2.52. The fraction of sp³-hybridized carbons (Fsp3) is 0.375. The van der Waals surface area contributed by atoms with Crippen molar-refractivity contribution in [1.29, 1.82) is 0 Å². The quantitative estimate of drug-likeness (QED) is 0.606. The maximum atomic E-state index is 10.8. The first-order chi connectivity index (χ1) is 4.70. The number of rotatable bonds is 1. The predicted molar refractivity (Wildman–Crippen MR) is 44.7 cm³/mol. The van der Waals surface area contributed by atoms with Crippen LogP contribution in [0.2, 0.25) is 0 Å². The van der Waals surface area contributed by atoms with E-state index in [2.05, 4.69) is 13.8 Å². The SMILES string of the molecule is CC(C)c1cc(=O)ccs1. The summed E-state index contributed by atoms with van der Waals surface area (Å²) in [5, 5.41) is 1.84. The second-order valence-corrected chi connectivity index (χ2v) is 3.50. The lowest BCUT2D eigenvalue weighted by molar-refractivity contribution is 0.887. The van der Waals surface area contributed by atoms with E-state index in [0.29, 0.717) is 5.92 Å². The lowest BCUT2D eigenvalue weighted by Crippen LogP contribution is -1.96. The van der Waals surface area contributed by atoms with Crippen LogP contribution in [-0.4, -0.2) is 0 Å². The Hall–Kier alpha value is -0.630. The van der Waals surface area contributed by atoms with Crippen LogP contribution < -0.4 is 5.43 Å². The summed E-state index contributed by atoms with van der Waals surface area (Å²) in [6.07, 6.45) is 0. The van der Waals surface area contributed by atoms with Crippen LogP contribution in [0.25, 0.3) is 0 Å². The van der Waals surface area contributed by atoms with Gasteiger partial charge < -0.3 is 0 Å². The van der Waals surface area contributed by atoms with E-state index in [0.717, 1.165) is 4.88 Å². The highest BCUT2D eigenvalue weighted by Crippen LogP contribution is 2.15. The summed E-state index contributed by atoms with van der Waals surface area (Å²) in [5.41, 5.74) is 0.113. The monoisotopic (exact) mass is 154 g/mol. The summed E-state index contributed by atoms with van der Waals surface area (Å²) in [4.78, 5) is 12.0. The lowest BCUT2D eigenvalue weighted by atomic mass is 10.2. The lowest BCUT2D eigenvalue weighted by Gasteiger charge is -2.00. The smallest absolute Gasteiger partial charge is 0.180 e. The Kier molecular flexibility index (Phi) is 2.22. The normalized spacial score (nSPS) is 10.3. The first-order valence-electron chi connectivity index (χ1n) is 3.29. The van der Waals surface area contributed by atoms with Gasteiger partial charge in [-0.15, -0.1) is 11.3 Å². The average Bonchev–Trinajstić information content (AvgIpc) is 1.88. The van der Waals surface area contributed by atoms with Gasteiger partial charge in [-0.3, -0.25) is 4.79 Å². The molecule has 1 aromatic heterocycles. The fourth-order valence-corrected chi connectivity index (χ4v) is 1.52. The zero-order valence-corrected chi connectivity index (χ0v) is 6.94. The first-order valence-corrected chi connectivity index (χ1v) is 4.17. The third kappa shape index (κ3) is 1.67. The van der Waals surface area contributed by atoms with Crippen molar-refractivity contribution in [1.82, 2.24) is 0 Å². The van der Waals surface area contributed by atoms with Crippen molar-refractivity contribution in [2.24, 2.45) is 0 Å². The minimum Gasteiger partial charge on any atom is -0.290 e. The molecule has 2 heteroatoms. The molecule has 0 saturated carbocycles. The molecule has 0 aliphatic rings. The molecule has 0 aliphatic heterocycles. The van der Waals surface area contributed by atoms with Gasteiger partial charge in [-0.05, 0) is 23.4 Å². The molecule has 0 saturated heterocycles. The summed E-state index contributed by atoms with van der Waals surface area (Å²) in [5.74, 6) is 0.471. The van der Waals surface area contributed by atoms with Crippen LogP contribution in [0, 0.1) is 0 Å². The van der Waals surface area contributed by atoms with Crippen LogP contribution in [0.5, 0.6) is 0 Å². The van der Waals surface area contributed by atoms with Crippen LogP contribution in [0.4, 0.5) is 0 Å². The molecule has 0 radical (unpaired) electrons. The minimum absolute atomic E-state index is 0.113. The summed E-state index contributed by atoms with van der Waals surface area (Å²) >= 11 is 1.63. The molecule has 10 heavy (non-hydrogen) atoms. The Morgan fingerprint density at radius 1 is 1.50 bits per heavy atom. The average molecular weight is 154 g/mol. The van der Waals surface area contributed by atoms with Crippen molar-refractivity contribution in [3.05, 3.63) is 32.6 Å². The minimum atomic E-state index is 0.113. The molecule has 1 nitrogen and oxygen atoms in total. The van der Waals surface area contributed by atoms with Crippen LogP contribution >= 0.6 is 11.3 Å². The van der Waals surface area contributed by atoms with E-state index in [9.17, 15) is 4.79 Å². The van der Waals surface area contributed by atoms with Gasteiger partial charge in [-0.25, -0.2) is 0 Å². The third-order valence-electron chi connectivity index (χ3n) is 1.29. The second kappa shape index (κ2) is 2.97. The maximum absolute atomic E-state index is 10.8. The largest absolute Gasteiger partial charge is 0.290 e. The molecular formula is C8H10OS. The molecule has 0 atom stereocenters. The zero-order valence-electron chi connectivity index (χ0n) is 6.13. The Morgan fingerprint density at radius 2 is 2.20 bits per heavy atom. The van der Waals surface area contributed by atoms with E-state index in [-0.39, 0.29) is 5.43 Å². The molecule has 0 fully saturated rings. The van der Waals surface area contributed by atoms with Gasteiger partial charge >= 0.3 is 0 Å². The molecule has 0 unspecified atom stereocenters. The van der Waals surface area contributed by atoms with E-state index >= 15 is 0 Å². The molecular weight excluding hydrogens is 144 g/mol.